The van der Waals surface area contributed by atoms with Crippen molar-refractivity contribution in [3.05, 3.63) is 35.6 Å². The number of halogens is 1. The average Bonchev–Trinajstić information content (AvgIpc) is 2.49. The summed E-state index contributed by atoms with van der Waals surface area (Å²) in [5.41, 5.74) is -0.836. The topological polar surface area (TPSA) is 81.7 Å². The first-order valence-corrected chi connectivity index (χ1v) is 7.49. The average molecular weight is 339 g/mol. The van der Waals surface area contributed by atoms with Crippen molar-refractivity contribution in [2.45, 2.75) is 45.3 Å². The summed E-state index contributed by atoms with van der Waals surface area (Å²) < 4.78 is 23.4. The monoisotopic (exact) mass is 339 g/mol. The SMILES string of the molecule is COC(=O)[C@@H](CCC(=O)OC(C)(C)C)NC(=O)c1ccccc1F. The quantitative estimate of drug-likeness (QED) is 0.804. The van der Waals surface area contributed by atoms with Gasteiger partial charge in [0.2, 0.25) is 0 Å². The predicted molar refractivity (Wildman–Crippen MR) is 84.7 cm³/mol. The van der Waals surface area contributed by atoms with Gasteiger partial charge >= 0.3 is 11.9 Å². The Kier molecular flexibility index (Phi) is 6.88. The second-order valence-corrected chi connectivity index (χ2v) is 6.15. The Morgan fingerprint density at radius 2 is 1.83 bits per heavy atom. The van der Waals surface area contributed by atoms with E-state index in [2.05, 4.69) is 10.1 Å². The van der Waals surface area contributed by atoms with Crippen molar-refractivity contribution in [2.75, 3.05) is 7.11 Å². The third kappa shape index (κ3) is 6.36. The molecule has 1 atom stereocenters. The molecule has 0 aliphatic carbocycles. The lowest BCUT2D eigenvalue weighted by molar-refractivity contribution is -0.155. The van der Waals surface area contributed by atoms with Crippen molar-refractivity contribution >= 4 is 17.8 Å². The van der Waals surface area contributed by atoms with E-state index >= 15 is 0 Å². The van der Waals surface area contributed by atoms with Crippen LogP contribution in [0.5, 0.6) is 0 Å². The van der Waals surface area contributed by atoms with Gasteiger partial charge in [-0.2, -0.15) is 0 Å². The van der Waals surface area contributed by atoms with Crippen LogP contribution in [0.1, 0.15) is 44.0 Å². The summed E-state index contributed by atoms with van der Waals surface area (Å²) in [5.74, 6) is -2.68. The molecular formula is C17H22FNO5. The number of carbonyl (C=O) groups is 3. The number of carbonyl (C=O) groups excluding carboxylic acids is 3. The Hall–Kier alpha value is -2.44. The number of nitrogens with one attached hydrogen (secondary N) is 1. The largest absolute Gasteiger partial charge is 0.467 e. The van der Waals surface area contributed by atoms with Crippen LogP contribution in [0.25, 0.3) is 0 Å². The molecule has 0 fully saturated rings. The lowest BCUT2D eigenvalue weighted by Gasteiger charge is -2.21. The van der Waals surface area contributed by atoms with Crippen molar-refractivity contribution in [2.24, 2.45) is 0 Å². The van der Waals surface area contributed by atoms with Crippen LogP contribution in [0, 0.1) is 5.82 Å². The molecule has 24 heavy (non-hydrogen) atoms. The van der Waals surface area contributed by atoms with Gasteiger partial charge < -0.3 is 14.8 Å². The van der Waals surface area contributed by atoms with Gasteiger partial charge in [-0.1, -0.05) is 12.1 Å². The van der Waals surface area contributed by atoms with E-state index in [9.17, 15) is 18.8 Å². The molecule has 6 nitrogen and oxygen atoms in total. The summed E-state index contributed by atoms with van der Waals surface area (Å²) in [7, 11) is 1.16. The molecule has 7 heteroatoms. The van der Waals surface area contributed by atoms with E-state index < -0.39 is 35.3 Å². The third-order valence-electron chi connectivity index (χ3n) is 2.97. The summed E-state index contributed by atoms with van der Waals surface area (Å²) in [5, 5.41) is 2.38. The van der Waals surface area contributed by atoms with Crippen molar-refractivity contribution in [1.82, 2.24) is 5.32 Å². The van der Waals surface area contributed by atoms with Crippen LogP contribution in [0.3, 0.4) is 0 Å². The van der Waals surface area contributed by atoms with E-state index in [0.29, 0.717) is 0 Å². The minimum absolute atomic E-state index is 0.0121. The van der Waals surface area contributed by atoms with Crippen LogP contribution in [-0.2, 0) is 19.1 Å². The van der Waals surface area contributed by atoms with Gasteiger partial charge in [0.05, 0.1) is 12.7 Å². The number of hydrogen-bond acceptors (Lipinski definition) is 5. The fraction of sp³-hybridized carbons (Fsp3) is 0.471. The summed E-state index contributed by atoms with van der Waals surface area (Å²) >= 11 is 0. The molecule has 1 rings (SSSR count). The molecule has 1 N–H and O–H groups in total. The minimum Gasteiger partial charge on any atom is -0.467 e. The van der Waals surface area contributed by atoms with Crippen LogP contribution in [0.15, 0.2) is 24.3 Å². The van der Waals surface area contributed by atoms with E-state index in [4.69, 9.17) is 4.74 Å². The lowest BCUT2D eigenvalue weighted by Crippen LogP contribution is -2.42. The highest BCUT2D eigenvalue weighted by Crippen LogP contribution is 2.12. The van der Waals surface area contributed by atoms with Gasteiger partial charge in [-0.05, 0) is 39.3 Å². The number of rotatable bonds is 6. The first-order chi connectivity index (χ1) is 11.1. The maximum Gasteiger partial charge on any atom is 0.328 e. The molecule has 0 aliphatic heterocycles. The first kappa shape index (κ1) is 19.6. The van der Waals surface area contributed by atoms with Gasteiger partial charge in [-0.15, -0.1) is 0 Å². The zero-order valence-electron chi connectivity index (χ0n) is 14.2. The third-order valence-corrected chi connectivity index (χ3v) is 2.97. The standard InChI is InChI=1S/C17H22FNO5/c1-17(2,3)24-14(20)10-9-13(16(22)23-4)19-15(21)11-7-5-6-8-12(11)18/h5-8,13H,9-10H2,1-4H3,(H,19,21)/t13-/m1/s1. The summed E-state index contributed by atoms with van der Waals surface area (Å²) in [6.07, 6.45) is -0.101. The van der Waals surface area contributed by atoms with Crippen molar-refractivity contribution < 1.29 is 28.2 Å². The lowest BCUT2D eigenvalue weighted by atomic mass is 10.1. The molecule has 1 aromatic rings. The maximum absolute atomic E-state index is 13.6. The van der Waals surface area contributed by atoms with Crippen molar-refractivity contribution in [3.8, 4) is 0 Å². The second-order valence-electron chi connectivity index (χ2n) is 6.15. The van der Waals surface area contributed by atoms with E-state index in [-0.39, 0.29) is 18.4 Å². The number of hydrogen-bond donors (Lipinski definition) is 1. The molecule has 132 valence electrons. The van der Waals surface area contributed by atoms with Crippen LogP contribution >= 0.6 is 0 Å². The molecule has 0 unspecified atom stereocenters. The van der Waals surface area contributed by atoms with Gasteiger partial charge in [-0.3, -0.25) is 9.59 Å². The van der Waals surface area contributed by atoms with Crippen LogP contribution < -0.4 is 5.32 Å². The molecule has 0 radical (unpaired) electrons. The van der Waals surface area contributed by atoms with Gasteiger partial charge in [0.25, 0.3) is 5.91 Å². The summed E-state index contributed by atoms with van der Waals surface area (Å²) in [4.78, 5) is 35.6. The summed E-state index contributed by atoms with van der Waals surface area (Å²) in [6.45, 7) is 5.17. The second kappa shape index (κ2) is 8.42. The molecule has 0 heterocycles. The molecular weight excluding hydrogens is 317 g/mol. The van der Waals surface area contributed by atoms with Crippen molar-refractivity contribution in [3.63, 3.8) is 0 Å². The van der Waals surface area contributed by atoms with Gasteiger partial charge in [0.1, 0.15) is 17.5 Å². The molecule has 0 bridgehead atoms. The number of benzene rings is 1. The number of ether oxygens (including phenoxy) is 2. The fourth-order valence-corrected chi connectivity index (χ4v) is 1.93. The smallest absolute Gasteiger partial charge is 0.328 e. The first-order valence-electron chi connectivity index (χ1n) is 7.49. The summed E-state index contributed by atoms with van der Waals surface area (Å²) in [6, 6.07) is 4.32. The fourth-order valence-electron chi connectivity index (χ4n) is 1.93. The molecule has 0 saturated heterocycles. The van der Waals surface area contributed by atoms with E-state index in [1.807, 2.05) is 0 Å². The molecule has 0 aromatic heterocycles. The highest BCUT2D eigenvalue weighted by atomic mass is 19.1. The van der Waals surface area contributed by atoms with E-state index in [1.54, 1.807) is 20.8 Å². The van der Waals surface area contributed by atoms with Gasteiger partial charge in [0.15, 0.2) is 0 Å². The van der Waals surface area contributed by atoms with Gasteiger partial charge in [0, 0.05) is 6.42 Å². The van der Waals surface area contributed by atoms with Crippen LogP contribution in [0.4, 0.5) is 4.39 Å². The van der Waals surface area contributed by atoms with Crippen molar-refractivity contribution in [1.29, 1.82) is 0 Å². The Labute approximate surface area is 140 Å². The Balaban J connectivity index is 2.73. The molecule has 0 spiro atoms. The molecule has 0 saturated carbocycles. The van der Waals surface area contributed by atoms with E-state index in [0.717, 1.165) is 13.2 Å². The van der Waals surface area contributed by atoms with Crippen LogP contribution in [-0.4, -0.2) is 36.6 Å². The Morgan fingerprint density at radius 3 is 2.38 bits per heavy atom. The molecule has 0 aliphatic rings. The molecule has 1 amide bonds. The minimum atomic E-state index is -1.07. The number of amides is 1. The zero-order valence-corrected chi connectivity index (χ0v) is 14.2. The number of methoxy groups -OCH3 is 1. The highest BCUT2D eigenvalue weighted by Gasteiger charge is 2.25. The van der Waals surface area contributed by atoms with Crippen LogP contribution in [0.2, 0.25) is 0 Å². The van der Waals surface area contributed by atoms with Gasteiger partial charge in [-0.25, -0.2) is 9.18 Å². The Bertz CT molecular complexity index is 609. The Morgan fingerprint density at radius 1 is 1.21 bits per heavy atom. The number of esters is 2. The predicted octanol–water partition coefficient (Wildman–Crippen LogP) is 2.22. The normalized spacial score (nSPS) is 12.2. The maximum atomic E-state index is 13.6. The highest BCUT2D eigenvalue weighted by molar-refractivity contribution is 5.97. The molecule has 1 aromatic carbocycles. The zero-order chi connectivity index (χ0) is 18.3. The van der Waals surface area contributed by atoms with E-state index in [1.165, 1.54) is 18.2 Å².